The molecule has 39 heavy (non-hydrogen) atoms. The highest BCUT2D eigenvalue weighted by molar-refractivity contribution is 6.00. The second-order valence-electron chi connectivity index (χ2n) is 8.91. The molecule has 0 fully saturated rings. The summed E-state index contributed by atoms with van der Waals surface area (Å²) in [6.07, 6.45) is 5.30. The first-order valence-corrected chi connectivity index (χ1v) is 12.3. The number of pyridine rings is 2. The number of hydrogen-bond acceptors (Lipinski definition) is 7. The van der Waals surface area contributed by atoms with Crippen molar-refractivity contribution < 1.29 is 9.53 Å². The minimum atomic E-state index is -0.350. The Labute approximate surface area is 223 Å². The molecule has 5 heterocycles. The maximum Gasteiger partial charge on any atom is 0.320 e. The standard InChI is InChI=1S/C28H25N9O2/c1-17-5-4-6-21(32-17)25-33-26-23(31-16-36(26)15-18-7-9-19(39-3)10-8-18)27(34-25)37-14-12-20-22(37)11-13-30-24(20)35-28(38)29-2/h4-14,16H,15H2,1-3H3,(H2,29,30,35,38). The number of anilines is 1. The minimum Gasteiger partial charge on any atom is -0.497 e. The van der Waals surface area contributed by atoms with Crippen LogP contribution in [0.5, 0.6) is 5.75 Å². The van der Waals surface area contributed by atoms with Crippen molar-refractivity contribution in [2.75, 3.05) is 19.5 Å². The van der Waals surface area contributed by atoms with Crippen LogP contribution in [0.25, 0.3) is 39.4 Å². The van der Waals surface area contributed by atoms with E-state index in [4.69, 9.17) is 19.7 Å². The zero-order valence-electron chi connectivity index (χ0n) is 21.6. The van der Waals surface area contributed by atoms with E-state index in [1.165, 1.54) is 0 Å². The van der Waals surface area contributed by atoms with Crippen molar-refractivity contribution >= 4 is 33.9 Å². The number of ether oxygens (including phenoxy) is 1. The van der Waals surface area contributed by atoms with Gasteiger partial charge in [-0.15, -0.1) is 0 Å². The molecule has 0 spiro atoms. The quantitative estimate of drug-likeness (QED) is 0.335. The molecule has 0 unspecified atom stereocenters. The Kier molecular flexibility index (Phi) is 6.08. The van der Waals surface area contributed by atoms with Crippen LogP contribution in [0.4, 0.5) is 10.6 Å². The number of nitrogens with zero attached hydrogens (tertiary/aromatic N) is 7. The number of aromatic nitrogens is 7. The summed E-state index contributed by atoms with van der Waals surface area (Å²) in [5.74, 6) is 2.32. The summed E-state index contributed by atoms with van der Waals surface area (Å²) in [6.45, 7) is 2.50. The molecule has 5 aromatic heterocycles. The highest BCUT2D eigenvalue weighted by Gasteiger charge is 2.19. The van der Waals surface area contributed by atoms with E-state index in [0.717, 1.165) is 27.9 Å². The summed E-state index contributed by atoms with van der Waals surface area (Å²) >= 11 is 0. The molecule has 194 valence electrons. The molecule has 2 N–H and O–H groups in total. The van der Waals surface area contributed by atoms with E-state index in [1.807, 2.05) is 76.9 Å². The van der Waals surface area contributed by atoms with Crippen molar-refractivity contribution in [1.82, 2.24) is 39.4 Å². The third kappa shape index (κ3) is 4.50. The van der Waals surface area contributed by atoms with Crippen LogP contribution in [0, 0.1) is 6.92 Å². The Morgan fingerprint density at radius 1 is 1.00 bits per heavy atom. The number of aryl methyl sites for hydroxylation is 1. The fraction of sp³-hybridized carbons (Fsp3) is 0.143. The fourth-order valence-corrected chi connectivity index (χ4v) is 4.44. The Balaban J connectivity index is 1.53. The summed E-state index contributed by atoms with van der Waals surface area (Å²) in [5.41, 5.74) is 4.73. The number of imidazole rings is 1. The van der Waals surface area contributed by atoms with Gasteiger partial charge in [0.2, 0.25) is 0 Å². The van der Waals surface area contributed by atoms with Crippen LogP contribution in [0.15, 0.2) is 73.3 Å². The second kappa shape index (κ2) is 9.86. The molecular formula is C28H25N9O2. The van der Waals surface area contributed by atoms with Gasteiger partial charge in [0.05, 0.1) is 25.5 Å². The van der Waals surface area contributed by atoms with Gasteiger partial charge in [-0.05, 0) is 48.9 Å². The Morgan fingerprint density at radius 3 is 2.62 bits per heavy atom. The number of urea groups is 1. The molecule has 2 amide bonds. The highest BCUT2D eigenvalue weighted by atomic mass is 16.5. The van der Waals surface area contributed by atoms with Gasteiger partial charge >= 0.3 is 6.03 Å². The zero-order chi connectivity index (χ0) is 26.9. The molecule has 6 rings (SSSR count). The summed E-state index contributed by atoms with van der Waals surface area (Å²) in [7, 11) is 3.21. The van der Waals surface area contributed by atoms with Crippen LogP contribution in [0.2, 0.25) is 0 Å². The van der Waals surface area contributed by atoms with Crippen LogP contribution >= 0.6 is 0 Å². The van der Waals surface area contributed by atoms with Gasteiger partial charge in [0.1, 0.15) is 17.3 Å². The van der Waals surface area contributed by atoms with E-state index in [0.29, 0.717) is 40.9 Å². The van der Waals surface area contributed by atoms with Crippen molar-refractivity contribution in [1.29, 1.82) is 0 Å². The van der Waals surface area contributed by atoms with Gasteiger partial charge in [-0.1, -0.05) is 18.2 Å². The zero-order valence-corrected chi connectivity index (χ0v) is 21.6. The molecule has 6 aromatic rings. The van der Waals surface area contributed by atoms with Gasteiger partial charge in [0.15, 0.2) is 22.8 Å². The van der Waals surface area contributed by atoms with Gasteiger partial charge in [-0.2, -0.15) is 0 Å². The fourth-order valence-electron chi connectivity index (χ4n) is 4.44. The Hall–Kier alpha value is -5.32. The molecule has 0 saturated carbocycles. The number of methoxy groups -OCH3 is 1. The SMILES string of the molecule is CNC(=O)Nc1nccc2c1ccn2-c1nc(-c2cccc(C)n2)nc2c1ncn2Cc1ccc(OC)cc1. The lowest BCUT2D eigenvalue weighted by Gasteiger charge is -2.11. The average Bonchev–Trinajstić information content (AvgIpc) is 3.58. The van der Waals surface area contributed by atoms with Crippen LogP contribution in [-0.2, 0) is 6.54 Å². The van der Waals surface area contributed by atoms with Gasteiger partial charge in [0, 0.05) is 30.5 Å². The third-order valence-electron chi connectivity index (χ3n) is 6.38. The number of fused-ring (bicyclic) bond motifs is 2. The molecular weight excluding hydrogens is 494 g/mol. The number of amides is 2. The average molecular weight is 520 g/mol. The van der Waals surface area contributed by atoms with Gasteiger partial charge < -0.3 is 14.6 Å². The predicted molar refractivity (Wildman–Crippen MR) is 148 cm³/mol. The smallest absolute Gasteiger partial charge is 0.320 e. The molecule has 0 radical (unpaired) electrons. The lowest BCUT2D eigenvalue weighted by molar-refractivity contribution is 0.254. The Morgan fingerprint density at radius 2 is 1.85 bits per heavy atom. The molecule has 0 bridgehead atoms. The van der Waals surface area contributed by atoms with Gasteiger partial charge in [-0.3, -0.25) is 9.88 Å². The molecule has 0 aliphatic rings. The second-order valence-corrected chi connectivity index (χ2v) is 8.91. The first-order chi connectivity index (χ1) is 19.0. The van der Waals surface area contributed by atoms with Crippen LogP contribution in [0.3, 0.4) is 0 Å². The van der Waals surface area contributed by atoms with Crippen molar-refractivity contribution in [3.8, 4) is 23.1 Å². The number of nitrogens with one attached hydrogen (secondary N) is 2. The van der Waals surface area contributed by atoms with E-state index in [1.54, 1.807) is 26.7 Å². The number of carbonyl (C=O) groups excluding carboxylic acids is 1. The molecule has 1 aromatic carbocycles. The van der Waals surface area contributed by atoms with E-state index in [2.05, 4.69) is 20.6 Å². The van der Waals surface area contributed by atoms with Crippen molar-refractivity contribution in [2.45, 2.75) is 13.5 Å². The Bertz CT molecular complexity index is 1820. The first kappa shape index (κ1) is 24.0. The van der Waals surface area contributed by atoms with E-state index < -0.39 is 0 Å². The minimum absolute atomic E-state index is 0.350. The van der Waals surface area contributed by atoms with Crippen molar-refractivity contribution in [3.05, 3.63) is 84.6 Å². The third-order valence-corrected chi connectivity index (χ3v) is 6.38. The largest absolute Gasteiger partial charge is 0.497 e. The molecule has 0 aliphatic heterocycles. The number of hydrogen-bond donors (Lipinski definition) is 2. The summed E-state index contributed by atoms with van der Waals surface area (Å²) in [5, 5.41) is 6.09. The summed E-state index contributed by atoms with van der Waals surface area (Å²) < 4.78 is 9.22. The maximum atomic E-state index is 12.0. The number of carbonyl (C=O) groups is 1. The molecule has 11 heteroatoms. The van der Waals surface area contributed by atoms with E-state index >= 15 is 0 Å². The topological polar surface area (TPSA) is 125 Å². The van der Waals surface area contributed by atoms with Crippen LogP contribution in [0.1, 0.15) is 11.3 Å². The first-order valence-electron chi connectivity index (χ1n) is 12.3. The predicted octanol–water partition coefficient (Wildman–Crippen LogP) is 4.34. The van der Waals surface area contributed by atoms with Gasteiger partial charge in [-0.25, -0.2) is 29.7 Å². The molecule has 0 aliphatic carbocycles. The molecule has 11 nitrogen and oxygen atoms in total. The number of benzene rings is 1. The molecule has 0 atom stereocenters. The summed E-state index contributed by atoms with van der Waals surface area (Å²) in [4.78, 5) is 35.6. The van der Waals surface area contributed by atoms with Gasteiger partial charge in [0.25, 0.3) is 0 Å². The van der Waals surface area contributed by atoms with E-state index in [-0.39, 0.29) is 6.03 Å². The van der Waals surface area contributed by atoms with Crippen LogP contribution in [-0.4, -0.2) is 54.2 Å². The normalized spacial score (nSPS) is 11.2. The maximum absolute atomic E-state index is 12.0. The van der Waals surface area contributed by atoms with E-state index in [9.17, 15) is 4.79 Å². The van der Waals surface area contributed by atoms with Crippen molar-refractivity contribution in [2.24, 2.45) is 0 Å². The van der Waals surface area contributed by atoms with Crippen molar-refractivity contribution in [3.63, 3.8) is 0 Å². The lowest BCUT2D eigenvalue weighted by Crippen LogP contribution is -2.25. The molecule has 0 saturated heterocycles. The van der Waals surface area contributed by atoms with Crippen LogP contribution < -0.4 is 15.4 Å². The highest BCUT2D eigenvalue weighted by Crippen LogP contribution is 2.29. The lowest BCUT2D eigenvalue weighted by atomic mass is 10.2. The monoisotopic (exact) mass is 519 g/mol. The summed E-state index contributed by atoms with van der Waals surface area (Å²) in [6, 6.07) is 17.1. The number of rotatable bonds is 6.